The van der Waals surface area contributed by atoms with Crippen LogP contribution in [0.5, 0.6) is 0 Å². The number of benzene rings is 2. The molecule has 1 aliphatic heterocycles. The molecule has 35 heavy (non-hydrogen) atoms. The van der Waals surface area contributed by atoms with Gasteiger partial charge < -0.3 is 20.6 Å². The van der Waals surface area contributed by atoms with Crippen molar-refractivity contribution >= 4 is 17.9 Å². The molecule has 1 aliphatic rings. The molecule has 190 valence electrons. The summed E-state index contributed by atoms with van der Waals surface area (Å²) in [7, 11) is 0. The fourth-order valence-electron chi connectivity index (χ4n) is 4.11. The number of nitrogens with zero attached hydrogens (tertiary/aromatic N) is 2. The third-order valence-corrected chi connectivity index (χ3v) is 7.56. The van der Waals surface area contributed by atoms with Gasteiger partial charge in [0.15, 0.2) is 0 Å². The van der Waals surface area contributed by atoms with Gasteiger partial charge in [-0.3, -0.25) is 4.79 Å². The molecule has 0 saturated heterocycles. The molecule has 7 nitrogen and oxygen atoms in total. The zero-order valence-corrected chi connectivity index (χ0v) is 22.0. The number of rotatable bonds is 10. The topological polar surface area (TPSA) is 105 Å². The van der Waals surface area contributed by atoms with E-state index in [2.05, 4.69) is 41.6 Å². The first-order valence-electron chi connectivity index (χ1n) is 12.0. The van der Waals surface area contributed by atoms with Crippen LogP contribution in [0.1, 0.15) is 55.5 Å². The minimum absolute atomic E-state index is 0.0804. The average molecular weight is 499 g/mol. The predicted octanol–water partition coefficient (Wildman–Crippen LogP) is 4.61. The zero-order valence-electron chi connectivity index (χ0n) is 21.2. The molecule has 2 aromatic carbocycles. The average Bonchev–Trinajstić information content (AvgIpc) is 3.02. The van der Waals surface area contributed by atoms with Gasteiger partial charge >= 0.3 is 5.97 Å². The molecule has 0 bridgehead atoms. The maximum atomic E-state index is 12.2. The summed E-state index contributed by atoms with van der Waals surface area (Å²) in [4.78, 5) is 13.5. The van der Waals surface area contributed by atoms with E-state index in [1.165, 1.54) is 21.0 Å². The first kappa shape index (κ1) is 27.1. The molecule has 0 spiro atoms. The summed E-state index contributed by atoms with van der Waals surface area (Å²) in [5.74, 6) is 4.88. The molecule has 0 saturated carbocycles. The minimum Gasteiger partial charge on any atom is -0.481 e. The lowest BCUT2D eigenvalue weighted by Gasteiger charge is -2.32. The Balaban J connectivity index is 1.85. The lowest BCUT2D eigenvalue weighted by Crippen LogP contribution is -2.34. The lowest BCUT2D eigenvalue weighted by atomic mass is 9.81. The van der Waals surface area contributed by atoms with Crippen LogP contribution in [0.15, 0.2) is 59.3 Å². The van der Waals surface area contributed by atoms with Crippen LogP contribution in [0.2, 0.25) is 0 Å². The molecule has 3 rings (SSSR count). The molecule has 0 aliphatic carbocycles. The second-order valence-electron chi connectivity index (χ2n) is 9.60. The van der Waals surface area contributed by atoms with Crippen LogP contribution in [0, 0.1) is 12.3 Å². The maximum absolute atomic E-state index is 12.2. The monoisotopic (exact) mass is 498 g/mol. The van der Waals surface area contributed by atoms with Crippen molar-refractivity contribution in [2.75, 3.05) is 19.7 Å². The minimum atomic E-state index is -1.16. The van der Waals surface area contributed by atoms with E-state index in [9.17, 15) is 9.90 Å². The molecular weight excluding hydrogens is 460 g/mol. The summed E-state index contributed by atoms with van der Waals surface area (Å²) in [5.41, 5.74) is 9.91. The number of aryl methyl sites for hydroxylation is 2. The second kappa shape index (κ2) is 11.9. The van der Waals surface area contributed by atoms with Crippen molar-refractivity contribution in [2.45, 2.75) is 58.1 Å². The van der Waals surface area contributed by atoms with E-state index in [0.717, 1.165) is 37.1 Å². The summed E-state index contributed by atoms with van der Waals surface area (Å²) < 4.78 is 8.52. The van der Waals surface area contributed by atoms with Crippen LogP contribution < -0.4 is 11.6 Å². The summed E-state index contributed by atoms with van der Waals surface area (Å²) in [6.45, 7) is 9.80. The van der Waals surface area contributed by atoms with Gasteiger partial charge in [-0.05, 0) is 80.8 Å². The smallest absolute Gasteiger partial charge is 0.312 e. The van der Waals surface area contributed by atoms with Crippen LogP contribution in [-0.2, 0) is 22.5 Å². The highest BCUT2D eigenvalue weighted by Crippen LogP contribution is 2.39. The summed E-state index contributed by atoms with van der Waals surface area (Å²) in [6.07, 6.45) is 3.10. The zero-order chi connectivity index (χ0) is 25.6. The molecule has 8 heteroatoms. The van der Waals surface area contributed by atoms with Gasteiger partial charge in [0.2, 0.25) is 0 Å². The molecular formula is C27H38N4O3S. The highest BCUT2D eigenvalue weighted by atomic mass is 32.2. The van der Waals surface area contributed by atoms with E-state index in [-0.39, 0.29) is 6.61 Å². The quantitative estimate of drug-likeness (QED) is 0.248. The van der Waals surface area contributed by atoms with Gasteiger partial charge in [0.1, 0.15) is 0 Å². The van der Waals surface area contributed by atoms with Crippen LogP contribution in [-0.4, -0.2) is 40.1 Å². The molecule has 0 radical (unpaired) electrons. The van der Waals surface area contributed by atoms with Gasteiger partial charge in [-0.15, -0.1) is 0 Å². The van der Waals surface area contributed by atoms with Crippen molar-refractivity contribution in [3.8, 4) is 0 Å². The summed E-state index contributed by atoms with van der Waals surface area (Å²) in [6, 6.07) is 14.7. The van der Waals surface area contributed by atoms with Crippen LogP contribution in [0.25, 0.3) is 0 Å². The van der Waals surface area contributed by atoms with E-state index in [1.807, 2.05) is 19.1 Å². The van der Waals surface area contributed by atoms with Gasteiger partial charge in [0.05, 0.1) is 23.8 Å². The van der Waals surface area contributed by atoms with Gasteiger partial charge in [0.25, 0.3) is 0 Å². The van der Waals surface area contributed by atoms with Crippen LogP contribution >= 0.6 is 11.9 Å². The Morgan fingerprint density at radius 3 is 2.77 bits per heavy atom. The number of hydrogen-bond acceptors (Lipinski definition) is 7. The number of carboxylic acids is 1. The number of ether oxygens (including phenoxy) is 1. The van der Waals surface area contributed by atoms with E-state index in [1.54, 1.807) is 32.0 Å². The van der Waals surface area contributed by atoms with Crippen molar-refractivity contribution in [1.29, 1.82) is 0 Å². The van der Waals surface area contributed by atoms with Gasteiger partial charge in [-0.2, -0.15) is 0 Å². The third kappa shape index (κ3) is 7.01. The fourth-order valence-corrected chi connectivity index (χ4v) is 5.24. The van der Waals surface area contributed by atoms with Crippen LogP contribution in [0.4, 0.5) is 0 Å². The Hall–Kier alpha value is -2.52. The molecule has 1 unspecified atom stereocenters. The number of aliphatic carboxylic acids is 1. The standard InChI is InChI=1S/C27H38N4O3S/c1-5-30(29)17-23(28)18-34-25(27(3,4)26(32)33)21-13-12-19(2)22(15-21)16-31-14-8-10-20-9-6-7-11-24(20)35-31/h6-7,9,11-13,15,17,25H,5,8,10,14,16,18,28-29H2,1-4H3,(H,32,33)/b23-17-. The Labute approximate surface area is 213 Å². The van der Waals surface area contributed by atoms with Gasteiger partial charge in [-0.1, -0.05) is 36.4 Å². The van der Waals surface area contributed by atoms with Crippen LogP contribution in [0.3, 0.4) is 0 Å². The molecule has 1 heterocycles. The molecule has 5 N–H and O–H groups in total. The highest BCUT2D eigenvalue weighted by molar-refractivity contribution is 7.97. The van der Waals surface area contributed by atoms with Crippen molar-refractivity contribution in [3.05, 3.63) is 76.6 Å². The predicted molar refractivity (Wildman–Crippen MR) is 141 cm³/mol. The fraction of sp³-hybridized carbons (Fsp3) is 0.444. The van der Waals surface area contributed by atoms with Crippen molar-refractivity contribution in [2.24, 2.45) is 17.0 Å². The van der Waals surface area contributed by atoms with E-state index in [0.29, 0.717) is 12.2 Å². The normalized spacial score (nSPS) is 15.9. The van der Waals surface area contributed by atoms with Gasteiger partial charge in [-0.25, -0.2) is 10.1 Å². The van der Waals surface area contributed by atoms with Gasteiger partial charge in [0, 0.05) is 30.7 Å². The number of nitrogens with two attached hydrogens (primary N) is 2. The highest BCUT2D eigenvalue weighted by Gasteiger charge is 2.39. The Kier molecular flexibility index (Phi) is 9.24. The van der Waals surface area contributed by atoms with E-state index < -0.39 is 17.5 Å². The van der Waals surface area contributed by atoms with Crippen molar-refractivity contribution in [1.82, 2.24) is 9.31 Å². The Morgan fingerprint density at radius 2 is 2.06 bits per heavy atom. The SMILES string of the molecule is CCN(N)/C=C(\N)COC(c1ccc(C)c(CN2CCCc3ccccc3S2)c1)C(C)(C)C(=O)O. The summed E-state index contributed by atoms with van der Waals surface area (Å²) >= 11 is 1.80. The molecule has 0 fully saturated rings. The molecule has 0 aromatic heterocycles. The number of fused-ring (bicyclic) bond motifs is 1. The molecule has 0 amide bonds. The first-order valence-corrected chi connectivity index (χ1v) is 12.8. The molecule has 1 atom stereocenters. The second-order valence-corrected chi connectivity index (χ2v) is 10.7. The van der Waals surface area contributed by atoms with Crippen molar-refractivity contribution in [3.63, 3.8) is 0 Å². The largest absolute Gasteiger partial charge is 0.481 e. The Morgan fingerprint density at radius 1 is 1.31 bits per heavy atom. The lowest BCUT2D eigenvalue weighted by molar-refractivity contribution is -0.156. The number of carbonyl (C=O) groups is 1. The third-order valence-electron chi connectivity index (χ3n) is 6.40. The Bertz CT molecular complexity index is 1060. The first-order chi connectivity index (χ1) is 16.6. The summed E-state index contributed by atoms with van der Waals surface area (Å²) in [5, 5.41) is 11.4. The molecule has 2 aromatic rings. The maximum Gasteiger partial charge on any atom is 0.312 e. The van der Waals surface area contributed by atoms with E-state index >= 15 is 0 Å². The van der Waals surface area contributed by atoms with E-state index in [4.69, 9.17) is 16.3 Å². The van der Waals surface area contributed by atoms with Crippen molar-refractivity contribution < 1.29 is 14.6 Å². The number of carboxylic acid groups (broad SMARTS) is 1. The number of hydrazine groups is 1. The number of hydrogen-bond donors (Lipinski definition) is 3.